The molecule has 14 heteroatoms. The van der Waals surface area contributed by atoms with Crippen molar-refractivity contribution in [2.45, 2.75) is 57.2 Å². The van der Waals surface area contributed by atoms with Gasteiger partial charge in [-0.3, -0.25) is 28.8 Å². The third-order valence-electron chi connectivity index (χ3n) is 8.45. The summed E-state index contributed by atoms with van der Waals surface area (Å²) in [6.45, 7) is -0.196. The third-order valence-corrected chi connectivity index (χ3v) is 9.43. The number of pyridine rings is 1. The molecular weight excluding hydrogens is 572 g/mol. The highest BCUT2D eigenvalue weighted by Gasteiger charge is 2.54. The molecular formula is C27H31ClN6O6S. The van der Waals surface area contributed by atoms with Gasteiger partial charge < -0.3 is 25.8 Å². The predicted molar refractivity (Wildman–Crippen MR) is 150 cm³/mol. The van der Waals surface area contributed by atoms with E-state index >= 15 is 0 Å². The average molecular weight is 603 g/mol. The minimum atomic E-state index is -1.28. The van der Waals surface area contributed by atoms with E-state index in [1.165, 1.54) is 41.7 Å². The van der Waals surface area contributed by atoms with Gasteiger partial charge in [-0.05, 0) is 67.9 Å². The first-order valence-corrected chi connectivity index (χ1v) is 14.8. The number of aromatic nitrogens is 2. The summed E-state index contributed by atoms with van der Waals surface area (Å²) >= 11 is 6.84. The zero-order chi connectivity index (χ0) is 29.3. The molecule has 2 heterocycles. The topological polar surface area (TPSA) is 168 Å². The van der Waals surface area contributed by atoms with E-state index in [-0.39, 0.29) is 47.2 Å². The van der Waals surface area contributed by atoms with Gasteiger partial charge in [0.25, 0.3) is 17.4 Å². The zero-order valence-electron chi connectivity index (χ0n) is 22.4. The van der Waals surface area contributed by atoms with Crippen molar-refractivity contribution >= 4 is 58.0 Å². The van der Waals surface area contributed by atoms with E-state index in [1.807, 2.05) is 0 Å². The Morgan fingerprint density at radius 2 is 1.93 bits per heavy atom. The van der Waals surface area contributed by atoms with Gasteiger partial charge in [0.1, 0.15) is 24.0 Å². The van der Waals surface area contributed by atoms with E-state index in [0.29, 0.717) is 17.8 Å². The largest absolute Gasteiger partial charge is 0.353 e. The summed E-state index contributed by atoms with van der Waals surface area (Å²) in [6, 6.07) is 1.79. The van der Waals surface area contributed by atoms with Crippen molar-refractivity contribution in [2.24, 2.45) is 23.7 Å². The summed E-state index contributed by atoms with van der Waals surface area (Å²) in [5.41, 5.74) is -0.716. The van der Waals surface area contributed by atoms with Gasteiger partial charge in [0.05, 0.1) is 0 Å². The molecule has 4 saturated carbocycles. The van der Waals surface area contributed by atoms with Gasteiger partial charge in [0.15, 0.2) is 4.47 Å². The lowest BCUT2D eigenvalue weighted by molar-refractivity contribution is -0.137. The molecule has 0 aliphatic heterocycles. The molecule has 0 spiro atoms. The fourth-order valence-electron chi connectivity index (χ4n) is 6.71. The first kappa shape index (κ1) is 28.9. The van der Waals surface area contributed by atoms with Crippen LogP contribution in [-0.2, 0) is 25.7 Å². The normalized spacial score (nSPS) is 24.5. The van der Waals surface area contributed by atoms with Gasteiger partial charge >= 0.3 is 0 Å². The van der Waals surface area contributed by atoms with Crippen LogP contribution >= 0.6 is 22.9 Å². The number of amides is 4. The van der Waals surface area contributed by atoms with E-state index in [0.717, 1.165) is 36.5 Å². The van der Waals surface area contributed by atoms with Crippen LogP contribution in [0.2, 0.25) is 4.47 Å². The van der Waals surface area contributed by atoms with Crippen LogP contribution in [0.25, 0.3) is 0 Å². The lowest BCUT2D eigenvalue weighted by Gasteiger charge is -2.32. The Hall–Kier alpha value is -3.58. The Balaban J connectivity index is 1.24. The summed E-state index contributed by atoms with van der Waals surface area (Å²) in [4.78, 5) is 79.5. The molecule has 12 nitrogen and oxygen atoms in total. The van der Waals surface area contributed by atoms with E-state index in [4.69, 9.17) is 11.6 Å². The number of likely N-dealkylation sites (N-methyl/N-ethyl adjacent to an activating group) is 1. The Labute approximate surface area is 244 Å². The number of anilines is 1. The minimum Gasteiger partial charge on any atom is -0.353 e. The van der Waals surface area contributed by atoms with Crippen molar-refractivity contribution in [1.29, 1.82) is 0 Å². The van der Waals surface area contributed by atoms with Gasteiger partial charge in [-0.1, -0.05) is 11.6 Å². The number of Topliss-reactive ketones (excluding diaryl/α,β-unsaturated/α-hetero) is 1. The molecule has 4 amide bonds. The molecule has 0 saturated heterocycles. The van der Waals surface area contributed by atoms with Gasteiger partial charge in [-0.25, -0.2) is 4.98 Å². The van der Waals surface area contributed by atoms with Crippen molar-refractivity contribution in [3.05, 3.63) is 44.2 Å². The summed E-state index contributed by atoms with van der Waals surface area (Å²) < 4.78 is 1.35. The molecule has 41 heavy (non-hydrogen) atoms. The number of carbonyl (C=O) groups is 5. The standard InChI is InChI=1S/C27H31ClN6O6S/c1-29-25(39)20(35)5-4-17(30-24(38)19-12-41-27(28)32-19)23(37)31-18-3-2-6-34(26(18)40)11-21(36)33-22-15-8-13-7-14(10-15)16(22)9-13/h2-3,6,12-17,22H,4-5,7-11H2,1H3,(H,29,39)(H,30,38)(H,31,37)(H,33,36)/t13?,14?,15?,16?,17-,22?/m0/s1. The van der Waals surface area contributed by atoms with Gasteiger partial charge in [-0.15, -0.1) is 11.3 Å². The van der Waals surface area contributed by atoms with Crippen LogP contribution in [0.1, 0.15) is 49.0 Å². The van der Waals surface area contributed by atoms with Gasteiger partial charge in [-0.2, -0.15) is 0 Å². The van der Waals surface area contributed by atoms with Crippen molar-refractivity contribution in [1.82, 2.24) is 25.5 Å². The highest BCUT2D eigenvalue weighted by molar-refractivity contribution is 7.14. The highest BCUT2D eigenvalue weighted by Crippen LogP contribution is 2.58. The van der Waals surface area contributed by atoms with Crippen molar-refractivity contribution in [3.63, 3.8) is 0 Å². The Morgan fingerprint density at radius 1 is 1.15 bits per heavy atom. The van der Waals surface area contributed by atoms with Crippen molar-refractivity contribution < 1.29 is 24.0 Å². The van der Waals surface area contributed by atoms with Crippen LogP contribution in [0, 0.1) is 23.7 Å². The molecule has 4 fully saturated rings. The van der Waals surface area contributed by atoms with Crippen molar-refractivity contribution in [3.8, 4) is 0 Å². The maximum Gasteiger partial charge on any atom is 0.287 e. The highest BCUT2D eigenvalue weighted by atomic mass is 35.5. The molecule has 6 atom stereocenters. The third kappa shape index (κ3) is 6.35. The quantitative estimate of drug-likeness (QED) is 0.281. The van der Waals surface area contributed by atoms with Crippen LogP contribution < -0.4 is 26.8 Å². The summed E-state index contributed by atoms with van der Waals surface area (Å²) in [6.07, 6.45) is 5.66. The number of ketones is 1. The van der Waals surface area contributed by atoms with Crippen LogP contribution in [0.15, 0.2) is 28.5 Å². The first-order chi connectivity index (χ1) is 19.6. The smallest absolute Gasteiger partial charge is 0.287 e. The van der Waals surface area contributed by atoms with Crippen LogP contribution in [0.5, 0.6) is 0 Å². The number of rotatable bonds is 11. The number of nitrogens with zero attached hydrogens (tertiary/aromatic N) is 2. The number of hydrogen-bond acceptors (Lipinski definition) is 8. The monoisotopic (exact) mass is 602 g/mol. The number of carbonyl (C=O) groups excluding carboxylic acids is 5. The second-order valence-corrected chi connectivity index (χ2v) is 12.4. The molecule has 218 valence electrons. The first-order valence-electron chi connectivity index (χ1n) is 13.6. The maximum atomic E-state index is 13.2. The fraction of sp³-hybridized carbons (Fsp3) is 0.519. The molecule has 4 bridgehead atoms. The Bertz CT molecular complexity index is 1440. The zero-order valence-corrected chi connectivity index (χ0v) is 23.9. The molecule has 5 unspecified atom stereocenters. The number of nitrogens with one attached hydrogen (secondary N) is 4. The molecule has 2 aromatic rings. The predicted octanol–water partition coefficient (Wildman–Crippen LogP) is 1.34. The average Bonchev–Trinajstić information content (AvgIpc) is 3.58. The van der Waals surface area contributed by atoms with Crippen LogP contribution in [0.3, 0.4) is 0 Å². The minimum absolute atomic E-state index is 0.0212. The number of hydrogen-bond donors (Lipinski definition) is 4. The van der Waals surface area contributed by atoms with Crippen LogP contribution in [-0.4, -0.2) is 58.1 Å². The van der Waals surface area contributed by atoms with Gasteiger partial charge in [0.2, 0.25) is 17.6 Å². The molecule has 6 rings (SSSR count). The Kier molecular flexibility index (Phi) is 8.55. The SMILES string of the molecule is CNC(=O)C(=O)CC[C@H](NC(=O)c1csc(Cl)n1)C(=O)Nc1cccn(CC(=O)NC2C3CC4CC(C3)C2C4)c1=O. The number of halogens is 1. The molecule has 0 radical (unpaired) electrons. The summed E-state index contributed by atoms with van der Waals surface area (Å²) in [5.74, 6) is -0.834. The second kappa shape index (κ2) is 12.1. The van der Waals surface area contributed by atoms with E-state index in [2.05, 4.69) is 26.3 Å². The fourth-order valence-corrected chi connectivity index (χ4v) is 7.45. The molecule has 2 aromatic heterocycles. The molecule has 4 N–H and O–H groups in total. The molecule has 0 aromatic carbocycles. The molecule has 4 aliphatic rings. The maximum absolute atomic E-state index is 13.2. The Morgan fingerprint density at radius 3 is 2.63 bits per heavy atom. The lowest BCUT2D eigenvalue weighted by atomic mass is 9.79. The lowest BCUT2D eigenvalue weighted by Crippen LogP contribution is -2.46. The summed E-state index contributed by atoms with van der Waals surface area (Å²) in [7, 11) is 1.31. The second-order valence-electron chi connectivity index (χ2n) is 11.0. The van der Waals surface area contributed by atoms with E-state index in [1.54, 1.807) is 0 Å². The summed E-state index contributed by atoms with van der Waals surface area (Å²) in [5, 5.41) is 11.8. The number of thiazole rings is 1. The van der Waals surface area contributed by atoms with Crippen LogP contribution in [0.4, 0.5) is 5.69 Å². The van der Waals surface area contributed by atoms with E-state index in [9.17, 15) is 28.8 Å². The van der Waals surface area contributed by atoms with E-state index < -0.39 is 35.1 Å². The van der Waals surface area contributed by atoms with Crippen molar-refractivity contribution in [2.75, 3.05) is 12.4 Å². The molecule has 4 aliphatic carbocycles. The van der Waals surface area contributed by atoms with Gasteiger partial charge in [0, 0.05) is 31.1 Å².